The normalized spacial score (nSPS) is 13.8. The Morgan fingerprint density at radius 2 is 1.77 bits per heavy atom. The second-order valence-electron chi connectivity index (χ2n) is 7.04. The number of anilines is 2. The van der Waals surface area contributed by atoms with Crippen LogP contribution in [0.25, 0.3) is 0 Å². The monoisotopic (exact) mass is 430 g/mol. The Balaban J connectivity index is 1.60. The van der Waals surface area contributed by atoms with Crippen molar-refractivity contribution in [3.63, 3.8) is 0 Å². The minimum Gasteiger partial charge on any atom is -0.368 e. The lowest BCUT2D eigenvalue weighted by Gasteiger charge is -2.36. The number of nitro groups is 1. The van der Waals surface area contributed by atoms with Crippen LogP contribution in [0.4, 0.5) is 17.1 Å². The summed E-state index contributed by atoms with van der Waals surface area (Å²) in [7, 11) is 0. The molecule has 0 aromatic heterocycles. The number of rotatable bonds is 6. The molecule has 0 saturated carbocycles. The van der Waals surface area contributed by atoms with Crippen LogP contribution >= 0.6 is 11.6 Å². The average Bonchev–Trinajstić information content (AvgIpc) is 2.74. The largest absolute Gasteiger partial charge is 0.368 e. The van der Waals surface area contributed by atoms with E-state index in [-0.39, 0.29) is 22.2 Å². The number of nitrogens with one attached hydrogen (secondary N) is 1. The highest BCUT2D eigenvalue weighted by atomic mass is 35.5. The number of hydrogen-bond acceptors (Lipinski definition) is 5. The first-order valence-corrected chi connectivity index (χ1v) is 10.1. The van der Waals surface area contributed by atoms with E-state index in [9.17, 15) is 19.7 Å². The molecular formula is C21H23ClN4O4. The maximum Gasteiger partial charge on any atom is 0.288 e. The molecule has 1 saturated heterocycles. The summed E-state index contributed by atoms with van der Waals surface area (Å²) in [5.74, 6) is -0.247. The van der Waals surface area contributed by atoms with Crippen LogP contribution in [0.1, 0.15) is 30.1 Å². The lowest BCUT2D eigenvalue weighted by molar-refractivity contribution is -0.384. The van der Waals surface area contributed by atoms with E-state index >= 15 is 0 Å². The lowest BCUT2D eigenvalue weighted by Crippen LogP contribution is -2.48. The summed E-state index contributed by atoms with van der Waals surface area (Å²) in [6, 6.07) is 11.3. The average molecular weight is 431 g/mol. The molecule has 2 amide bonds. The van der Waals surface area contributed by atoms with Gasteiger partial charge in [0.05, 0.1) is 4.92 Å². The molecule has 0 bridgehead atoms. The van der Waals surface area contributed by atoms with Crippen molar-refractivity contribution >= 4 is 40.5 Å². The van der Waals surface area contributed by atoms with Crippen LogP contribution in [0.15, 0.2) is 42.5 Å². The van der Waals surface area contributed by atoms with Gasteiger partial charge >= 0.3 is 0 Å². The first-order chi connectivity index (χ1) is 14.4. The van der Waals surface area contributed by atoms with E-state index in [0.29, 0.717) is 25.2 Å². The fraction of sp³-hybridized carbons (Fsp3) is 0.333. The minimum absolute atomic E-state index is 0.0163. The van der Waals surface area contributed by atoms with Gasteiger partial charge in [-0.1, -0.05) is 18.5 Å². The van der Waals surface area contributed by atoms with Crippen molar-refractivity contribution in [2.75, 3.05) is 36.4 Å². The third-order valence-electron chi connectivity index (χ3n) is 4.99. The minimum atomic E-state index is -0.622. The highest BCUT2D eigenvalue weighted by Crippen LogP contribution is 2.26. The van der Waals surface area contributed by atoms with Crippen LogP contribution in [0.2, 0.25) is 5.02 Å². The maximum absolute atomic E-state index is 12.4. The molecule has 8 nitrogen and oxygen atoms in total. The summed E-state index contributed by atoms with van der Waals surface area (Å²) in [4.78, 5) is 38.9. The summed E-state index contributed by atoms with van der Waals surface area (Å²) in [5, 5.41) is 13.7. The second-order valence-corrected chi connectivity index (χ2v) is 7.45. The highest BCUT2D eigenvalue weighted by Gasteiger charge is 2.21. The molecule has 30 heavy (non-hydrogen) atoms. The number of halogens is 1. The number of nitrogens with zero attached hydrogens (tertiary/aromatic N) is 3. The molecule has 0 spiro atoms. The van der Waals surface area contributed by atoms with Crippen LogP contribution < -0.4 is 10.2 Å². The number of benzene rings is 2. The molecule has 1 fully saturated rings. The van der Waals surface area contributed by atoms with Crippen LogP contribution in [-0.4, -0.2) is 47.8 Å². The predicted octanol–water partition coefficient (Wildman–Crippen LogP) is 3.95. The van der Waals surface area contributed by atoms with Crippen molar-refractivity contribution in [3.05, 3.63) is 63.2 Å². The molecule has 1 aliphatic heterocycles. The van der Waals surface area contributed by atoms with E-state index in [2.05, 4.69) is 10.2 Å². The number of nitro benzene ring substituents is 1. The lowest BCUT2D eigenvalue weighted by atomic mass is 10.1. The van der Waals surface area contributed by atoms with Gasteiger partial charge in [-0.15, -0.1) is 0 Å². The van der Waals surface area contributed by atoms with Gasteiger partial charge in [0.25, 0.3) is 11.6 Å². The molecule has 1 heterocycles. The van der Waals surface area contributed by atoms with Gasteiger partial charge in [0.1, 0.15) is 5.02 Å². The molecule has 9 heteroatoms. The molecular weight excluding hydrogens is 408 g/mol. The van der Waals surface area contributed by atoms with Gasteiger partial charge in [0, 0.05) is 55.6 Å². The van der Waals surface area contributed by atoms with Crippen molar-refractivity contribution in [2.24, 2.45) is 0 Å². The highest BCUT2D eigenvalue weighted by molar-refractivity contribution is 6.32. The fourth-order valence-electron chi connectivity index (χ4n) is 3.34. The number of carbonyl (C=O) groups is 2. The Morgan fingerprint density at radius 3 is 2.37 bits per heavy atom. The number of amides is 2. The molecule has 3 rings (SSSR count). The molecule has 1 aliphatic rings. The molecule has 2 aromatic carbocycles. The van der Waals surface area contributed by atoms with Crippen molar-refractivity contribution in [1.29, 1.82) is 0 Å². The van der Waals surface area contributed by atoms with Crippen LogP contribution in [0, 0.1) is 10.1 Å². The first-order valence-electron chi connectivity index (χ1n) is 9.77. The van der Waals surface area contributed by atoms with E-state index < -0.39 is 10.8 Å². The number of hydrogen-bond donors (Lipinski definition) is 1. The molecule has 158 valence electrons. The van der Waals surface area contributed by atoms with Crippen LogP contribution in [-0.2, 0) is 4.79 Å². The number of carbonyl (C=O) groups excluding carboxylic acids is 2. The summed E-state index contributed by atoms with van der Waals surface area (Å²) in [6.07, 6.45) is 1.45. The predicted molar refractivity (Wildman–Crippen MR) is 116 cm³/mol. The van der Waals surface area contributed by atoms with Gasteiger partial charge in [-0.05, 0) is 42.8 Å². The number of piperazine rings is 1. The van der Waals surface area contributed by atoms with Gasteiger partial charge < -0.3 is 15.1 Å². The van der Waals surface area contributed by atoms with Crippen molar-refractivity contribution in [3.8, 4) is 0 Å². The second kappa shape index (κ2) is 9.58. The van der Waals surface area contributed by atoms with Crippen LogP contribution in [0.3, 0.4) is 0 Å². The van der Waals surface area contributed by atoms with Gasteiger partial charge in [-0.3, -0.25) is 19.7 Å². The van der Waals surface area contributed by atoms with E-state index in [1.807, 2.05) is 24.0 Å². The zero-order valence-corrected chi connectivity index (χ0v) is 17.4. The summed E-state index contributed by atoms with van der Waals surface area (Å²) >= 11 is 5.79. The molecule has 0 unspecified atom stereocenters. The fourth-order valence-corrected chi connectivity index (χ4v) is 3.53. The maximum atomic E-state index is 12.4. The third kappa shape index (κ3) is 5.07. The smallest absolute Gasteiger partial charge is 0.288 e. The van der Waals surface area contributed by atoms with Gasteiger partial charge in [0.2, 0.25) is 5.91 Å². The summed E-state index contributed by atoms with van der Waals surface area (Å²) in [6.45, 7) is 4.92. The molecule has 2 aromatic rings. The molecule has 1 N–H and O–H groups in total. The molecule has 0 radical (unpaired) electrons. The first kappa shape index (κ1) is 21.6. The van der Waals surface area contributed by atoms with Crippen molar-refractivity contribution < 1.29 is 14.5 Å². The quantitative estimate of drug-likeness (QED) is 0.553. The summed E-state index contributed by atoms with van der Waals surface area (Å²) < 4.78 is 0. The topological polar surface area (TPSA) is 95.8 Å². The zero-order chi connectivity index (χ0) is 21.7. The Bertz CT molecular complexity index is 941. The molecule has 0 atom stereocenters. The van der Waals surface area contributed by atoms with E-state index in [1.54, 1.807) is 12.1 Å². The standard InChI is InChI=1S/C21H23ClN4O4/c1-2-3-20(27)25-12-10-24(11-13-25)17-7-5-16(6-8-17)23-21(28)15-4-9-18(22)19(14-15)26(29)30/h4-9,14H,2-3,10-13H2,1H3,(H,23,28). The van der Waals surface area contributed by atoms with Crippen LogP contribution in [0.5, 0.6) is 0 Å². The van der Waals surface area contributed by atoms with E-state index in [1.165, 1.54) is 12.1 Å². The van der Waals surface area contributed by atoms with Gasteiger partial charge in [-0.2, -0.15) is 0 Å². The Morgan fingerprint density at radius 1 is 1.10 bits per heavy atom. The Kier molecular flexibility index (Phi) is 6.89. The molecule has 0 aliphatic carbocycles. The van der Waals surface area contributed by atoms with Crippen molar-refractivity contribution in [2.45, 2.75) is 19.8 Å². The third-order valence-corrected chi connectivity index (χ3v) is 5.31. The Hall–Kier alpha value is -3.13. The zero-order valence-electron chi connectivity index (χ0n) is 16.6. The SMILES string of the molecule is CCCC(=O)N1CCN(c2ccc(NC(=O)c3ccc(Cl)c([N+](=O)[O-])c3)cc2)CC1. The van der Waals surface area contributed by atoms with E-state index in [0.717, 1.165) is 31.3 Å². The van der Waals surface area contributed by atoms with Gasteiger partial charge in [-0.25, -0.2) is 0 Å². The Labute approximate surface area is 179 Å². The van der Waals surface area contributed by atoms with Crippen molar-refractivity contribution in [1.82, 2.24) is 4.90 Å². The van der Waals surface area contributed by atoms with E-state index in [4.69, 9.17) is 11.6 Å². The summed E-state index contributed by atoms with van der Waals surface area (Å²) in [5.41, 5.74) is 1.44. The van der Waals surface area contributed by atoms with Gasteiger partial charge in [0.15, 0.2) is 0 Å².